The number of aliphatic imine (C=N–C) groups is 1. The number of unbranched alkanes of at least 4 members (excludes halogenated alkanes) is 1. The molecule has 0 saturated heterocycles. The third-order valence-electron chi connectivity index (χ3n) is 18.1. The second-order valence-electron chi connectivity index (χ2n) is 32.1. The summed E-state index contributed by atoms with van der Waals surface area (Å²) in [5.74, 6) is 5.83. The average molecular weight is 1380 g/mol. The van der Waals surface area contributed by atoms with Gasteiger partial charge in [-0.2, -0.15) is 0 Å². The van der Waals surface area contributed by atoms with Gasteiger partial charge >= 0.3 is 0 Å². The minimum absolute atomic E-state index is 0.0965. The zero-order valence-electron chi connectivity index (χ0n) is 67.9. The lowest BCUT2D eigenvalue weighted by Crippen LogP contribution is -2.37. The van der Waals surface area contributed by atoms with Gasteiger partial charge in [-0.15, -0.1) is 0 Å². The molecule has 4 unspecified atom stereocenters. The summed E-state index contributed by atoms with van der Waals surface area (Å²) >= 11 is 0. The molecule has 0 radical (unpaired) electrons. The first-order valence-electron chi connectivity index (χ1n) is 39.0. The van der Waals surface area contributed by atoms with Crippen molar-refractivity contribution in [3.05, 3.63) is 0 Å². The van der Waals surface area contributed by atoms with Gasteiger partial charge in [0, 0.05) is 147 Å². The van der Waals surface area contributed by atoms with Gasteiger partial charge < -0.3 is 60.2 Å². The van der Waals surface area contributed by atoms with Gasteiger partial charge in [-0.1, -0.05) is 159 Å². The highest BCUT2D eigenvalue weighted by Crippen LogP contribution is 2.32. The number of rotatable bonds is 44. The number of carbonyl (C=O) groups is 6. The van der Waals surface area contributed by atoms with E-state index < -0.39 is 0 Å². The van der Waals surface area contributed by atoms with E-state index in [1.165, 1.54) is 32.2 Å². The minimum Gasteiger partial charge on any atom is -0.370 e. The molecule has 2 aliphatic rings. The molecule has 0 heterocycles. The van der Waals surface area contributed by atoms with E-state index in [4.69, 9.17) is 28.7 Å². The Labute approximate surface area is 598 Å². The fraction of sp³-hybridized carbons (Fsp3) is 0.911. The van der Waals surface area contributed by atoms with Crippen LogP contribution in [0.25, 0.3) is 0 Å². The Morgan fingerprint density at radius 1 is 0.412 bits per heavy atom. The van der Waals surface area contributed by atoms with E-state index in [1.807, 2.05) is 83.1 Å². The molecular formula is C79H164N12O6. The lowest BCUT2D eigenvalue weighted by molar-refractivity contribution is -0.127. The fourth-order valence-electron chi connectivity index (χ4n) is 11.8. The van der Waals surface area contributed by atoms with Crippen molar-refractivity contribution < 1.29 is 28.8 Å². The van der Waals surface area contributed by atoms with Gasteiger partial charge in [-0.3, -0.25) is 33.8 Å². The molecule has 18 nitrogen and oxygen atoms in total. The molecule has 0 aromatic heterocycles. The lowest BCUT2D eigenvalue weighted by Gasteiger charge is -2.32. The Hall–Kier alpha value is -3.07. The highest BCUT2D eigenvalue weighted by molar-refractivity contribution is 5.84. The van der Waals surface area contributed by atoms with Crippen molar-refractivity contribution in [2.45, 2.75) is 349 Å². The minimum atomic E-state index is 0.0965. The molecule has 0 amide bonds. The van der Waals surface area contributed by atoms with Crippen LogP contribution >= 0.6 is 0 Å². The second-order valence-corrected chi connectivity index (χ2v) is 32.1. The van der Waals surface area contributed by atoms with Crippen LogP contribution in [-0.4, -0.2) is 153 Å². The maximum Gasteiger partial charge on any atom is 0.185 e. The van der Waals surface area contributed by atoms with E-state index in [1.54, 1.807) is 0 Å². The molecule has 18 heteroatoms. The monoisotopic (exact) mass is 1380 g/mol. The summed E-state index contributed by atoms with van der Waals surface area (Å²) < 4.78 is 0. The Balaban J connectivity index is -0.000000536. The summed E-state index contributed by atoms with van der Waals surface area (Å²) in [7, 11) is 2.20. The molecular weight excluding hydrogens is 1210 g/mol. The summed E-state index contributed by atoms with van der Waals surface area (Å²) in [4.78, 5) is 77.1. The molecule has 2 fully saturated rings. The quantitative estimate of drug-likeness (QED) is 0.0154. The van der Waals surface area contributed by atoms with Gasteiger partial charge in [0.2, 0.25) is 0 Å². The number of nitrogens with zero attached hydrogens (tertiary/aromatic N) is 2. The molecule has 0 aliphatic heterocycles. The molecule has 97 heavy (non-hydrogen) atoms. The van der Waals surface area contributed by atoms with Crippen molar-refractivity contribution in [2.75, 3.05) is 52.9 Å². The first-order chi connectivity index (χ1) is 45.2. The maximum absolute atomic E-state index is 11.9. The number of nitrogens with two attached hydrogens (primary N) is 5. The smallest absolute Gasteiger partial charge is 0.185 e. The van der Waals surface area contributed by atoms with Crippen LogP contribution in [0.3, 0.4) is 0 Å². The number of Topliss-reactive ketones (excluding diaryl/α,β-unsaturated/α-hetero) is 6. The van der Waals surface area contributed by atoms with Crippen LogP contribution in [-0.2, 0) is 28.8 Å². The van der Waals surface area contributed by atoms with E-state index in [0.717, 1.165) is 115 Å². The highest BCUT2D eigenvalue weighted by Gasteiger charge is 2.30. The van der Waals surface area contributed by atoms with Gasteiger partial charge in [0.05, 0.1) is 0 Å². The van der Waals surface area contributed by atoms with Crippen molar-refractivity contribution in [3.63, 3.8) is 0 Å². The van der Waals surface area contributed by atoms with E-state index in [-0.39, 0.29) is 53.4 Å². The zero-order valence-corrected chi connectivity index (χ0v) is 67.9. The van der Waals surface area contributed by atoms with Crippen LogP contribution in [0.2, 0.25) is 0 Å². The molecule has 2 rings (SSSR count). The molecule has 0 aromatic carbocycles. The number of nitrogens with one attached hydrogen (secondary N) is 5. The lowest BCUT2D eigenvalue weighted by atomic mass is 9.77. The van der Waals surface area contributed by atoms with Crippen LogP contribution < -0.4 is 55.3 Å². The molecule has 15 N–H and O–H groups in total. The van der Waals surface area contributed by atoms with Gasteiger partial charge in [-0.05, 0) is 162 Å². The Morgan fingerprint density at radius 3 is 1.07 bits per heavy atom. The first kappa shape index (κ1) is 100. The van der Waals surface area contributed by atoms with Crippen LogP contribution in [0.1, 0.15) is 295 Å². The van der Waals surface area contributed by atoms with E-state index in [0.29, 0.717) is 134 Å². The Kier molecular flexibility index (Phi) is 62.6. The predicted octanol–water partition coefficient (Wildman–Crippen LogP) is 12.8. The number of carbonyl (C=O) groups excluding carboxylic acids is 6. The molecule has 4 atom stereocenters. The predicted molar refractivity (Wildman–Crippen MR) is 417 cm³/mol. The number of hydrogen-bond acceptors (Lipinski definition) is 16. The van der Waals surface area contributed by atoms with Gasteiger partial charge in [0.1, 0.15) is 34.7 Å². The molecule has 2 saturated carbocycles. The summed E-state index contributed by atoms with van der Waals surface area (Å²) in [6.07, 6.45) is 20.1. The molecule has 0 bridgehead atoms. The summed E-state index contributed by atoms with van der Waals surface area (Å²) in [6.45, 7) is 55.3. The van der Waals surface area contributed by atoms with E-state index in [2.05, 4.69) is 127 Å². The van der Waals surface area contributed by atoms with Crippen LogP contribution in [0, 0.1) is 65.1 Å². The van der Waals surface area contributed by atoms with Crippen molar-refractivity contribution in [1.29, 1.82) is 0 Å². The molecule has 576 valence electrons. The van der Waals surface area contributed by atoms with Gasteiger partial charge in [-0.25, -0.2) is 0 Å². The first-order valence-corrected chi connectivity index (χ1v) is 39.0. The average Bonchev–Trinajstić information content (AvgIpc) is 0.915. The fourth-order valence-corrected chi connectivity index (χ4v) is 11.8. The number of hydrogen-bond donors (Lipinski definition) is 10. The molecule has 0 spiro atoms. The van der Waals surface area contributed by atoms with Gasteiger partial charge in [0.15, 0.2) is 5.96 Å². The largest absolute Gasteiger partial charge is 0.370 e. The van der Waals surface area contributed by atoms with Crippen LogP contribution in [0.5, 0.6) is 0 Å². The van der Waals surface area contributed by atoms with Crippen LogP contribution in [0.15, 0.2) is 4.99 Å². The van der Waals surface area contributed by atoms with Crippen molar-refractivity contribution in [3.8, 4) is 0 Å². The third-order valence-corrected chi connectivity index (χ3v) is 18.1. The Morgan fingerprint density at radius 2 is 0.763 bits per heavy atom. The second kappa shape index (κ2) is 60.5. The highest BCUT2D eigenvalue weighted by atomic mass is 16.1. The Bertz CT molecular complexity index is 1990. The summed E-state index contributed by atoms with van der Waals surface area (Å²) in [5.41, 5.74) is 27.0. The third kappa shape index (κ3) is 58.2. The zero-order chi connectivity index (χ0) is 75.5. The van der Waals surface area contributed by atoms with E-state index in [9.17, 15) is 28.8 Å². The van der Waals surface area contributed by atoms with Gasteiger partial charge in [0.25, 0.3) is 0 Å². The van der Waals surface area contributed by atoms with Crippen molar-refractivity contribution in [2.24, 2.45) is 98.8 Å². The normalized spacial score (nSPS) is 17.7. The SMILES string of the molecule is CC(C)C(=O)C1CCC(CN(C)C(C)C)CC1.CC(C)NC(CCCCN)CC(=O)C(C)C.CC(C)NC(CCCN)CC(=O)C(C)C.CC(C)NC(CCCN=C(N)N)CC(=O)C(C)C.CC(C)NCC(CCCN)C(=O)C(C)C.CC(C)NCC1CCC(C(=O)C(C)C)CC1. The van der Waals surface area contributed by atoms with E-state index >= 15 is 0 Å². The topological polar surface area (TPSA) is 308 Å². The number of guanidine groups is 1. The number of ketones is 6. The maximum atomic E-state index is 11.9. The molecule has 2 aliphatic carbocycles. The van der Waals surface area contributed by atoms with Crippen molar-refractivity contribution >= 4 is 40.7 Å². The van der Waals surface area contributed by atoms with Crippen LogP contribution in [0.4, 0.5) is 0 Å². The summed E-state index contributed by atoms with van der Waals surface area (Å²) in [5, 5.41) is 17.1. The summed E-state index contributed by atoms with van der Waals surface area (Å²) in [6, 6.07) is 3.71. The van der Waals surface area contributed by atoms with Crippen molar-refractivity contribution in [1.82, 2.24) is 31.5 Å². The standard InChI is InChI=1S/C15H29NO.C14H27NO.C13H28N4O.C13H28N2O.2C12H26N2O/c1-11(2)15(17)14-8-6-13(7-9-14)10-16(5)12(3)4;1-10(2)14(16)13-7-5-12(6-8-13)9-15-11(3)4;1-9(2)12(18)8-11(17-10(3)4)6-5-7-16-13(14)15;1-10(2)13(16)9-12(15-11(3)4)7-5-6-8-14;1-9(2)12(15)11(6-5-7-13)8-14-10(3)4;1-9(2)12(15)8-11(6-5-7-13)14-10(3)4/h11-14H,6-10H2,1-5H3;10-13,15H,5-9H2,1-4H3;9-11,17H,5-8H2,1-4H3,(H4,14,15,16);10-12,15H,5-9,14H2,1-4H3;2*9-11,14H,5-8,13H2,1-4H3. The molecule has 0 aromatic rings.